The van der Waals surface area contributed by atoms with Gasteiger partial charge < -0.3 is 4.98 Å². The summed E-state index contributed by atoms with van der Waals surface area (Å²) >= 11 is 3.42. The number of nitrogens with one attached hydrogen (secondary N) is 2. The highest BCUT2D eigenvalue weighted by molar-refractivity contribution is 9.10. The smallest absolute Gasteiger partial charge is 0.137 e. The minimum Gasteiger partial charge on any atom is -0.346 e. The second kappa shape index (κ2) is 6.09. The zero-order valence-electron chi connectivity index (χ0n) is 11.4. The highest BCUT2D eigenvalue weighted by atomic mass is 79.9. The number of H-pyrrole nitrogens is 1. The molecule has 0 saturated carbocycles. The van der Waals surface area contributed by atoms with Crippen LogP contribution in [0, 0.1) is 6.92 Å². The third kappa shape index (κ3) is 3.23. The summed E-state index contributed by atoms with van der Waals surface area (Å²) in [5.74, 6) is 0. The lowest BCUT2D eigenvalue weighted by molar-refractivity contribution is 0.672. The number of aromatic nitrogens is 2. The summed E-state index contributed by atoms with van der Waals surface area (Å²) in [5, 5.41) is 1.03. The molecule has 21 heavy (non-hydrogen) atoms. The molecule has 6 heteroatoms. The average molecular weight is 364 g/mol. The lowest BCUT2D eigenvalue weighted by atomic mass is 10.2. The molecule has 3 aromatic rings. The first kappa shape index (κ1) is 14.4. The van der Waals surface area contributed by atoms with Gasteiger partial charge in [0, 0.05) is 28.8 Å². The molecule has 0 radical (unpaired) electrons. The highest BCUT2D eigenvalue weighted by Crippen LogP contribution is 2.20. The fourth-order valence-corrected chi connectivity index (χ4v) is 3.23. The Morgan fingerprint density at radius 2 is 2.10 bits per heavy atom. The van der Waals surface area contributed by atoms with Gasteiger partial charge in [0.2, 0.25) is 0 Å². The standard InChI is InChI=1S/C15H14BrN3OS/c1-10-2-4-13(5-3-10)21(20)19-8-11-7-17-15-14(11)6-12(16)9-18-15/h2-7,9,19H,8H2,1H3,(H,17,18). The van der Waals surface area contributed by atoms with E-state index in [1.54, 1.807) is 6.20 Å². The number of halogens is 1. The summed E-state index contributed by atoms with van der Waals surface area (Å²) in [7, 11) is -1.22. The number of benzene rings is 1. The van der Waals surface area contributed by atoms with Gasteiger partial charge in [-0.3, -0.25) is 0 Å². The average Bonchev–Trinajstić information content (AvgIpc) is 2.88. The van der Waals surface area contributed by atoms with E-state index in [0.717, 1.165) is 31.5 Å². The normalized spacial score (nSPS) is 12.7. The molecule has 2 N–H and O–H groups in total. The predicted octanol–water partition coefficient (Wildman–Crippen LogP) is 3.45. The first-order valence-electron chi connectivity index (χ1n) is 6.47. The zero-order chi connectivity index (χ0) is 14.8. The minimum absolute atomic E-state index is 0.513. The number of nitrogens with zero attached hydrogens (tertiary/aromatic N) is 1. The van der Waals surface area contributed by atoms with E-state index in [1.807, 2.05) is 43.5 Å². The highest BCUT2D eigenvalue weighted by Gasteiger charge is 2.08. The van der Waals surface area contributed by atoms with Gasteiger partial charge in [-0.25, -0.2) is 13.9 Å². The molecule has 1 unspecified atom stereocenters. The van der Waals surface area contributed by atoms with Gasteiger partial charge in [-0.15, -0.1) is 0 Å². The van der Waals surface area contributed by atoms with Gasteiger partial charge in [-0.1, -0.05) is 17.7 Å². The van der Waals surface area contributed by atoms with E-state index in [9.17, 15) is 4.21 Å². The summed E-state index contributed by atoms with van der Waals surface area (Å²) in [4.78, 5) is 8.18. The number of hydrogen-bond donors (Lipinski definition) is 2. The van der Waals surface area contributed by atoms with E-state index >= 15 is 0 Å². The summed E-state index contributed by atoms with van der Waals surface area (Å²) in [6.07, 6.45) is 3.64. The topological polar surface area (TPSA) is 57.8 Å². The van der Waals surface area contributed by atoms with Gasteiger partial charge in [0.1, 0.15) is 16.6 Å². The van der Waals surface area contributed by atoms with E-state index in [1.165, 1.54) is 0 Å². The Morgan fingerprint density at radius 1 is 1.33 bits per heavy atom. The van der Waals surface area contributed by atoms with Gasteiger partial charge in [0.25, 0.3) is 0 Å². The van der Waals surface area contributed by atoms with Crippen LogP contribution in [0.15, 0.2) is 52.1 Å². The molecule has 0 aliphatic rings. The summed E-state index contributed by atoms with van der Waals surface area (Å²) in [5.41, 5.74) is 3.03. The SMILES string of the molecule is Cc1ccc(S(=O)NCc2c[nH]c3ncc(Br)cc23)cc1. The summed E-state index contributed by atoms with van der Waals surface area (Å²) in [6, 6.07) is 9.69. The Bertz CT molecular complexity index is 798. The molecule has 0 saturated heterocycles. The summed E-state index contributed by atoms with van der Waals surface area (Å²) < 4.78 is 16.2. The Balaban J connectivity index is 1.75. The van der Waals surface area contributed by atoms with Crippen LogP contribution in [0.2, 0.25) is 0 Å². The third-order valence-electron chi connectivity index (χ3n) is 3.21. The van der Waals surface area contributed by atoms with Crippen molar-refractivity contribution in [3.63, 3.8) is 0 Å². The van der Waals surface area contributed by atoms with Crippen LogP contribution in [0.3, 0.4) is 0 Å². The van der Waals surface area contributed by atoms with Crippen molar-refractivity contribution in [1.29, 1.82) is 0 Å². The van der Waals surface area contributed by atoms with Crippen molar-refractivity contribution in [1.82, 2.24) is 14.7 Å². The van der Waals surface area contributed by atoms with E-state index in [-0.39, 0.29) is 0 Å². The number of fused-ring (bicyclic) bond motifs is 1. The first-order chi connectivity index (χ1) is 10.1. The number of aryl methyl sites for hydroxylation is 1. The maximum absolute atomic E-state index is 12.2. The van der Waals surface area contributed by atoms with E-state index in [0.29, 0.717) is 6.54 Å². The Morgan fingerprint density at radius 3 is 2.86 bits per heavy atom. The largest absolute Gasteiger partial charge is 0.346 e. The van der Waals surface area contributed by atoms with Crippen molar-refractivity contribution in [2.45, 2.75) is 18.4 Å². The number of rotatable bonds is 4. The van der Waals surface area contributed by atoms with Gasteiger partial charge in [0.05, 0.1) is 4.90 Å². The van der Waals surface area contributed by atoms with Crippen LogP contribution >= 0.6 is 15.9 Å². The van der Waals surface area contributed by atoms with Crippen LogP contribution in [0.1, 0.15) is 11.1 Å². The second-order valence-electron chi connectivity index (χ2n) is 4.77. The van der Waals surface area contributed by atoms with Crippen molar-refractivity contribution >= 4 is 37.9 Å². The van der Waals surface area contributed by atoms with Gasteiger partial charge in [-0.2, -0.15) is 0 Å². The molecule has 0 aliphatic carbocycles. The monoisotopic (exact) mass is 363 g/mol. The minimum atomic E-state index is -1.22. The van der Waals surface area contributed by atoms with Crippen molar-refractivity contribution in [2.75, 3.05) is 0 Å². The second-order valence-corrected chi connectivity index (χ2v) is 6.98. The van der Waals surface area contributed by atoms with Gasteiger partial charge in [0.15, 0.2) is 0 Å². The molecule has 4 nitrogen and oxygen atoms in total. The maximum atomic E-state index is 12.2. The molecule has 2 heterocycles. The van der Waals surface area contributed by atoms with Crippen LogP contribution in [0.5, 0.6) is 0 Å². The Kier molecular flexibility index (Phi) is 4.19. The number of hydrogen-bond acceptors (Lipinski definition) is 2. The molecular formula is C15H14BrN3OS. The molecule has 1 aromatic carbocycles. The first-order valence-corrected chi connectivity index (χ1v) is 8.41. The Hall–Kier alpha value is -1.50. The molecule has 2 aromatic heterocycles. The third-order valence-corrected chi connectivity index (χ3v) is 4.75. The van der Waals surface area contributed by atoms with E-state index < -0.39 is 11.0 Å². The van der Waals surface area contributed by atoms with Crippen LogP contribution in [0.25, 0.3) is 11.0 Å². The summed E-state index contributed by atoms with van der Waals surface area (Å²) in [6.45, 7) is 2.52. The number of aromatic amines is 1. The molecule has 0 aliphatic heterocycles. The zero-order valence-corrected chi connectivity index (χ0v) is 13.8. The Labute approximate surface area is 133 Å². The number of pyridine rings is 1. The fourth-order valence-electron chi connectivity index (χ4n) is 2.07. The molecule has 3 rings (SSSR count). The predicted molar refractivity (Wildman–Crippen MR) is 88.2 cm³/mol. The van der Waals surface area contributed by atoms with Crippen LogP contribution < -0.4 is 4.72 Å². The van der Waals surface area contributed by atoms with Crippen molar-refractivity contribution in [2.24, 2.45) is 0 Å². The van der Waals surface area contributed by atoms with Crippen LogP contribution in [-0.4, -0.2) is 14.2 Å². The van der Waals surface area contributed by atoms with Gasteiger partial charge >= 0.3 is 0 Å². The molecule has 0 amide bonds. The molecular weight excluding hydrogens is 350 g/mol. The molecule has 0 fully saturated rings. The van der Waals surface area contributed by atoms with E-state index in [4.69, 9.17) is 0 Å². The molecule has 0 spiro atoms. The molecule has 1 atom stereocenters. The van der Waals surface area contributed by atoms with Crippen molar-refractivity contribution in [3.8, 4) is 0 Å². The van der Waals surface area contributed by atoms with Crippen molar-refractivity contribution in [3.05, 3.63) is 58.3 Å². The molecule has 0 bridgehead atoms. The maximum Gasteiger partial charge on any atom is 0.137 e. The van der Waals surface area contributed by atoms with E-state index in [2.05, 4.69) is 30.6 Å². The van der Waals surface area contributed by atoms with Gasteiger partial charge in [-0.05, 0) is 46.6 Å². The van der Waals surface area contributed by atoms with Crippen LogP contribution in [0.4, 0.5) is 0 Å². The lowest BCUT2D eigenvalue weighted by Crippen LogP contribution is -2.16. The quantitative estimate of drug-likeness (QED) is 0.745. The molecule has 108 valence electrons. The fraction of sp³-hybridized carbons (Fsp3) is 0.133. The lowest BCUT2D eigenvalue weighted by Gasteiger charge is -2.04. The van der Waals surface area contributed by atoms with Crippen molar-refractivity contribution < 1.29 is 4.21 Å². The van der Waals surface area contributed by atoms with Crippen LogP contribution in [-0.2, 0) is 17.5 Å².